The molecule has 2 aliphatic rings. The Morgan fingerprint density at radius 1 is 1.07 bits per heavy atom. The Hall–Kier alpha value is -2.15. The van der Waals surface area contributed by atoms with Crippen molar-refractivity contribution < 1.29 is 9.53 Å². The molecule has 1 aliphatic carbocycles. The van der Waals surface area contributed by atoms with Crippen molar-refractivity contribution in [1.82, 2.24) is 15.1 Å². The molecule has 0 bridgehead atoms. The van der Waals surface area contributed by atoms with Crippen LogP contribution in [0.5, 0.6) is 5.75 Å². The van der Waals surface area contributed by atoms with E-state index in [4.69, 9.17) is 4.74 Å². The molecular formula is C22H30N4O2S. The van der Waals surface area contributed by atoms with Gasteiger partial charge in [-0.25, -0.2) is 0 Å². The second kappa shape index (κ2) is 9.57. The van der Waals surface area contributed by atoms with Crippen LogP contribution in [0.3, 0.4) is 0 Å². The van der Waals surface area contributed by atoms with Gasteiger partial charge in [-0.15, -0.1) is 10.2 Å². The molecule has 0 spiro atoms. The van der Waals surface area contributed by atoms with Crippen molar-refractivity contribution in [2.45, 2.75) is 51.4 Å². The van der Waals surface area contributed by atoms with Crippen LogP contribution < -0.4 is 9.64 Å². The molecule has 1 saturated carbocycles. The lowest BCUT2D eigenvalue weighted by Gasteiger charge is -2.34. The average molecular weight is 415 g/mol. The largest absolute Gasteiger partial charge is 0.493 e. The molecule has 0 N–H and O–H groups in total. The molecule has 29 heavy (non-hydrogen) atoms. The molecule has 6 nitrogen and oxygen atoms in total. The van der Waals surface area contributed by atoms with Crippen LogP contribution in [0.2, 0.25) is 0 Å². The normalized spacial score (nSPS) is 18.1. The van der Waals surface area contributed by atoms with Crippen molar-refractivity contribution in [3.8, 4) is 5.75 Å². The molecule has 2 aromatic rings. The van der Waals surface area contributed by atoms with Crippen molar-refractivity contribution >= 4 is 22.4 Å². The van der Waals surface area contributed by atoms with E-state index in [9.17, 15) is 4.79 Å². The molecule has 4 rings (SSSR count). The van der Waals surface area contributed by atoms with Crippen LogP contribution in [-0.2, 0) is 4.79 Å². The van der Waals surface area contributed by atoms with Gasteiger partial charge in [0.25, 0.3) is 0 Å². The zero-order valence-corrected chi connectivity index (χ0v) is 18.0. The van der Waals surface area contributed by atoms with Crippen molar-refractivity contribution in [2.24, 2.45) is 0 Å². The highest BCUT2D eigenvalue weighted by molar-refractivity contribution is 7.15. The quantitative estimate of drug-likeness (QED) is 0.715. The number of carbonyl (C=O) groups excluding carboxylic acids is 1. The highest BCUT2D eigenvalue weighted by Gasteiger charge is 2.25. The summed E-state index contributed by atoms with van der Waals surface area (Å²) in [5.74, 6) is 1.58. The summed E-state index contributed by atoms with van der Waals surface area (Å²) in [5.41, 5.74) is 1.20. The number of hydrogen-bond acceptors (Lipinski definition) is 6. The monoisotopic (exact) mass is 414 g/mol. The van der Waals surface area contributed by atoms with Gasteiger partial charge < -0.3 is 14.5 Å². The number of rotatable bonds is 6. The molecule has 156 valence electrons. The maximum atomic E-state index is 12.5. The van der Waals surface area contributed by atoms with Crippen LogP contribution in [0.15, 0.2) is 24.3 Å². The van der Waals surface area contributed by atoms with Crippen molar-refractivity contribution in [3.05, 3.63) is 34.8 Å². The SMILES string of the molecule is Cc1ccc(OCCC(=O)N2CCN(c3nnc(C4CCCCC4)s3)CC2)cc1. The number of aryl methyl sites for hydroxylation is 1. The summed E-state index contributed by atoms with van der Waals surface area (Å²) in [4.78, 5) is 16.7. The molecule has 2 fully saturated rings. The number of piperazine rings is 1. The fraction of sp³-hybridized carbons (Fsp3) is 0.591. The molecule has 1 saturated heterocycles. The zero-order valence-electron chi connectivity index (χ0n) is 17.2. The molecule has 2 heterocycles. The van der Waals surface area contributed by atoms with Crippen LogP contribution in [0.25, 0.3) is 0 Å². The molecule has 0 radical (unpaired) electrons. The first-order chi connectivity index (χ1) is 14.2. The lowest BCUT2D eigenvalue weighted by atomic mass is 9.90. The number of carbonyl (C=O) groups is 1. The lowest BCUT2D eigenvalue weighted by molar-refractivity contribution is -0.132. The van der Waals surface area contributed by atoms with E-state index < -0.39 is 0 Å². The fourth-order valence-corrected chi connectivity index (χ4v) is 5.13. The van der Waals surface area contributed by atoms with Gasteiger partial charge in [0.1, 0.15) is 10.8 Å². The lowest BCUT2D eigenvalue weighted by Crippen LogP contribution is -2.49. The van der Waals surface area contributed by atoms with Gasteiger partial charge in [-0.05, 0) is 31.9 Å². The van der Waals surface area contributed by atoms with Crippen molar-refractivity contribution in [1.29, 1.82) is 0 Å². The molecule has 1 aromatic heterocycles. The summed E-state index contributed by atoms with van der Waals surface area (Å²) in [5, 5.41) is 11.1. The van der Waals surface area contributed by atoms with Crippen LogP contribution in [0.1, 0.15) is 55.0 Å². The van der Waals surface area contributed by atoms with E-state index in [1.807, 2.05) is 36.1 Å². The number of benzene rings is 1. The number of nitrogens with zero attached hydrogens (tertiary/aromatic N) is 4. The second-order valence-corrected chi connectivity index (χ2v) is 9.02. The first-order valence-electron chi connectivity index (χ1n) is 10.7. The minimum atomic E-state index is 0.164. The summed E-state index contributed by atoms with van der Waals surface area (Å²) >= 11 is 1.75. The third-order valence-electron chi connectivity index (χ3n) is 5.89. The summed E-state index contributed by atoms with van der Waals surface area (Å²) in [6.07, 6.45) is 6.90. The second-order valence-electron chi connectivity index (χ2n) is 8.04. The molecule has 1 aliphatic heterocycles. The Bertz CT molecular complexity index is 793. The van der Waals surface area contributed by atoms with E-state index in [1.165, 1.54) is 42.7 Å². The van der Waals surface area contributed by atoms with E-state index in [2.05, 4.69) is 15.1 Å². The first-order valence-corrected chi connectivity index (χ1v) is 11.6. The van der Waals surface area contributed by atoms with E-state index in [1.54, 1.807) is 11.3 Å². The van der Waals surface area contributed by atoms with Crippen LogP contribution in [0.4, 0.5) is 5.13 Å². The molecule has 7 heteroatoms. The predicted molar refractivity (Wildman–Crippen MR) is 116 cm³/mol. The van der Waals surface area contributed by atoms with Gasteiger partial charge >= 0.3 is 0 Å². The molecule has 1 aromatic carbocycles. The Labute approximate surface area is 176 Å². The number of ether oxygens (including phenoxy) is 1. The Balaban J connectivity index is 1.21. The third-order valence-corrected chi connectivity index (χ3v) is 7.04. The topological polar surface area (TPSA) is 58.6 Å². The van der Waals surface area contributed by atoms with Crippen LogP contribution >= 0.6 is 11.3 Å². The van der Waals surface area contributed by atoms with E-state index in [-0.39, 0.29) is 5.91 Å². The maximum absolute atomic E-state index is 12.5. The summed E-state index contributed by atoms with van der Waals surface area (Å²) in [6, 6.07) is 7.93. The Morgan fingerprint density at radius 2 is 1.79 bits per heavy atom. The Kier molecular flexibility index (Phi) is 6.64. The summed E-state index contributed by atoms with van der Waals surface area (Å²) in [6.45, 7) is 5.59. The smallest absolute Gasteiger partial charge is 0.226 e. The van der Waals surface area contributed by atoms with Gasteiger partial charge in [0, 0.05) is 32.1 Å². The minimum Gasteiger partial charge on any atom is -0.493 e. The fourth-order valence-electron chi connectivity index (χ4n) is 4.06. The van der Waals surface area contributed by atoms with Gasteiger partial charge in [0.2, 0.25) is 11.0 Å². The minimum absolute atomic E-state index is 0.164. The number of hydrogen-bond donors (Lipinski definition) is 0. The van der Waals surface area contributed by atoms with E-state index in [0.717, 1.165) is 37.1 Å². The molecular weight excluding hydrogens is 384 g/mol. The highest BCUT2D eigenvalue weighted by Crippen LogP contribution is 2.36. The third kappa shape index (κ3) is 5.26. The van der Waals surface area contributed by atoms with Gasteiger partial charge in [-0.2, -0.15) is 0 Å². The average Bonchev–Trinajstić information content (AvgIpc) is 3.26. The van der Waals surface area contributed by atoms with Gasteiger partial charge in [0.05, 0.1) is 13.0 Å². The van der Waals surface area contributed by atoms with E-state index >= 15 is 0 Å². The summed E-state index contributed by atoms with van der Waals surface area (Å²) in [7, 11) is 0. The van der Waals surface area contributed by atoms with Gasteiger partial charge in [0.15, 0.2) is 0 Å². The number of amides is 1. The standard InChI is InChI=1S/C22H30N4O2S/c1-17-7-9-19(10-8-17)28-16-11-20(27)25-12-14-26(15-13-25)22-24-23-21(29-22)18-5-3-2-4-6-18/h7-10,18H,2-6,11-16H2,1H3. The zero-order chi connectivity index (χ0) is 20.1. The number of aromatic nitrogens is 2. The number of anilines is 1. The van der Waals surface area contributed by atoms with Crippen molar-refractivity contribution in [3.63, 3.8) is 0 Å². The molecule has 1 amide bonds. The van der Waals surface area contributed by atoms with Crippen molar-refractivity contribution in [2.75, 3.05) is 37.7 Å². The summed E-state index contributed by atoms with van der Waals surface area (Å²) < 4.78 is 5.70. The molecule has 0 unspecified atom stereocenters. The predicted octanol–water partition coefficient (Wildman–Crippen LogP) is 4.01. The highest BCUT2D eigenvalue weighted by atomic mass is 32.1. The maximum Gasteiger partial charge on any atom is 0.226 e. The first kappa shape index (κ1) is 20.1. The molecule has 0 atom stereocenters. The van der Waals surface area contributed by atoms with Crippen LogP contribution in [-0.4, -0.2) is 53.8 Å². The van der Waals surface area contributed by atoms with Gasteiger partial charge in [-0.3, -0.25) is 4.79 Å². The Morgan fingerprint density at radius 3 is 2.52 bits per heavy atom. The van der Waals surface area contributed by atoms with E-state index in [0.29, 0.717) is 18.9 Å². The van der Waals surface area contributed by atoms with Gasteiger partial charge in [-0.1, -0.05) is 48.3 Å². The van der Waals surface area contributed by atoms with Crippen LogP contribution in [0, 0.1) is 6.92 Å².